The van der Waals surface area contributed by atoms with Crippen LogP contribution in [-0.2, 0) is 0 Å². The Balaban J connectivity index is 2.44. The van der Waals surface area contributed by atoms with E-state index < -0.39 is 5.82 Å². The molecule has 1 N–H and O–H groups in total. The van der Waals surface area contributed by atoms with Crippen molar-refractivity contribution in [2.24, 2.45) is 0 Å². The van der Waals surface area contributed by atoms with Gasteiger partial charge in [-0.1, -0.05) is 6.07 Å². The van der Waals surface area contributed by atoms with Gasteiger partial charge in [0.1, 0.15) is 17.3 Å². The normalized spacial score (nSPS) is 10.4. The fraction of sp³-hybridized carbons (Fsp3) is 0.200. The third-order valence-electron chi connectivity index (χ3n) is 2.75. The number of aromatic hydroxyl groups is 1. The molecule has 0 spiro atoms. The lowest BCUT2D eigenvalue weighted by Crippen LogP contribution is -1.93. The van der Waals surface area contributed by atoms with E-state index in [0.717, 1.165) is 22.9 Å². The molecule has 2 rings (SSSR count). The summed E-state index contributed by atoms with van der Waals surface area (Å²) in [6, 6.07) is 9.70. The van der Waals surface area contributed by atoms with E-state index in [9.17, 15) is 9.50 Å². The lowest BCUT2D eigenvalue weighted by atomic mass is 10.00. The van der Waals surface area contributed by atoms with E-state index in [-0.39, 0.29) is 5.75 Å². The van der Waals surface area contributed by atoms with Gasteiger partial charge >= 0.3 is 0 Å². The average molecular weight is 246 g/mol. The van der Waals surface area contributed by atoms with Crippen LogP contribution in [0.3, 0.4) is 0 Å². The van der Waals surface area contributed by atoms with Crippen molar-refractivity contribution in [3.63, 3.8) is 0 Å². The van der Waals surface area contributed by atoms with Crippen LogP contribution < -0.4 is 4.74 Å². The van der Waals surface area contributed by atoms with Crippen molar-refractivity contribution in [1.82, 2.24) is 0 Å². The molecule has 0 aliphatic rings. The molecule has 94 valence electrons. The van der Waals surface area contributed by atoms with Crippen molar-refractivity contribution in [2.75, 3.05) is 6.61 Å². The number of phenolic OH excluding ortho intramolecular Hbond substituents is 1. The number of benzene rings is 2. The van der Waals surface area contributed by atoms with Gasteiger partial charge in [-0.2, -0.15) is 0 Å². The highest BCUT2D eigenvalue weighted by molar-refractivity contribution is 5.69. The largest absolute Gasteiger partial charge is 0.508 e. The Morgan fingerprint density at radius 1 is 1.11 bits per heavy atom. The first-order chi connectivity index (χ1) is 8.61. The van der Waals surface area contributed by atoms with Crippen molar-refractivity contribution >= 4 is 0 Å². The fourth-order valence-corrected chi connectivity index (χ4v) is 1.92. The maximum atomic E-state index is 13.8. The molecule has 0 amide bonds. The third kappa shape index (κ3) is 2.45. The number of aryl methyl sites for hydroxylation is 1. The van der Waals surface area contributed by atoms with Crippen molar-refractivity contribution in [2.45, 2.75) is 13.8 Å². The molecule has 3 heteroatoms. The van der Waals surface area contributed by atoms with Crippen molar-refractivity contribution < 1.29 is 14.2 Å². The molecule has 2 aromatic carbocycles. The van der Waals surface area contributed by atoms with E-state index in [1.165, 1.54) is 6.07 Å². The van der Waals surface area contributed by atoms with Crippen LogP contribution in [0.5, 0.6) is 11.5 Å². The summed E-state index contributed by atoms with van der Waals surface area (Å²) < 4.78 is 19.2. The molecular weight excluding hydrogens is 231 g/mol. The Morgan fingerprint density at radius 2 is 1.83 bits per heavy atom. The Bertz CT molecular complexity index is 564. The maximum Gasteiger partial charge on any atom is 0.134 e. The monoisotopic (exact) mass is 246 g/mol. The first kappa shape index (κ1) is 12.4. The van der Waals surface area contributed by atoms with Crippen LogP contribution >= 0.6 is 0 Å². The van der Waals surface area contributed by atoms with Gasteiger partial charge in [0, 0.05) is 11.6 Å². The van der Waals surface area contributed by atoms with E-state index in [4.69, 9.17) is 4.74 Å². The van der Waals surface area contributed by atoms with Crippen molar-refractivity contribution in [3.05, 3.63) is 47.8 Å². The molecule has 0 bridgehead atoms. The Labute approximate surface area is 106 Å². The van der Waals surface area contributed by atoms with Gasteiger partial charge < -0.3 is 9.84 Å². The van der Waals surface area contributed by atoms with Gasteiger partial charge in [-0.05, 0) is 49.2 Å². The summed E-state index contributed by atoms with van der Waals surface area (Å²) in [7, 11) is 0. The second-order valence-electron chi connectivity index (χ2n) is 4.07. The number of halogens is 1. The van der Waals surface area contributed by atoms with Crippen LogP contribution in [0.25, 0.3) is 11.1 Å². The molecular formula is C15H15FO2. The summed E-state index contributed by atoms with van der Waals surface area (Å²) in [5.74, 6) is 0.278. The quantitative estimate of drug-likeness (QED) is 0.889. The minimum Gasteiger partial charge on any atom is -0.508 e. The van der Waals surface area contributed by atoms with Gasteiger partial charge in [-0.3, -0.25) is 0 Å². The topological polar surface area (TPSA) is 29.5 Å². The molecule has 0 atom stereocenters. The van der Waals surface area contributed by atoms with E-state index in [0.29, 0.717) is 12.2 Å². The molecule has 18 heavy (non-hydrogen) atoms. The van der Waals surface area contributed by atoms with Crippen LogP contribution in [0.4, 0.5) is 4.39 Å². The van der Waals surface area contributed by atoms with Gasteiger partial charge in [0.15, 0.2) is 0 Å². The highest BCUT2D eigenvalue weighted by Crippen LogP contribution is 2.30. The molecule has 0 unspecified atom stereocenters. The lowest BCUT2D eigenvalue weighted by molar-refractivity contribution is 0.340. The summed E-state index contributed by atoms with van der Waals surface area (Å²) in [6.45, 7) is 4.43. The summed E-state index contributed by atoms with van der Waals surface area (Å²) in [4.78, 5) is 0. The van der Waals surface area contributed by atoms with E-state index in [1.807, 2.05) is 32.0 Å². The summed E-state index contributed by atoms with van der Waals surface area (Å²) in [6.07, 6.45) is 0. The van der Waals surface area contributed by atoms with Crippen molar-refractivity contribution in [1.29, 1.82) is 0 Å². The molecule has 0 fully saturated rings. The average Bonchev–Trinajstić information content (AvgIpc) is 2.31. The zero-order chi connectivity index (χ0) is 13.1. The maximum absolute atomic E-state index is 13.8. The molecule has 0 aliphatic heterocycles. The van der Waals surface area contributed by atoms with Crippen LogP contribution in [-0.4, -0.2) is 11.7 Å². The number of hydrogen-bond donors (Lipinski definition) is 1. The summed E-state index contributed by atoms with van der Waals surface area (Å²) in [5, 5.41) is 9.21. The van der Waals surface area contributed by atoms with E-state index in [2.05, 4.69) is 0 Å². The molecule has 2 aromatic rings. The minimum absolute atomic E-state index is 0.0696. The van der Waals surface area contributed by atoms with Gasteiger partial charge in [0.2, 0.25) is 0 Å². The molecule has 0 saturated heterocycles. The fourth-order valence-electron chi connectivity index (χ4n) is 1.92. The molecule has 0 aromatic heterocycles. The molecule has 0 aliphatic carbocycles. The zero-order valence-corrected chi connectivity index (χ0v) is 10.4. The Morgan fingerprint density at radius 3 is 2.44 bits per heavy atom. The predicted octanol–water partition coefficient (Wildman–Crippen LogP) is 3.91. The lowest BCUT2D eigenvalue weighted by Gasteiger charge is -2.10. The smallest absolute Gasteiger partial charge is 0.134 e. The van der Waals surface area contributed by atoms with Crippen LogP contribution in [0.2, 0.25) is 0 Å². The first-order valence-corrected chi connectivity index (χ1v) is 5.84. The SMILES string of the molecule is CCOc1ccc(-c2ccc(O)cc2F)c(C)c1. The third-order valence-corrected chi connectivity index (χ3v) is 2.75. The van der Waals surface area contributed by atoms with Crippen molar-refractivity contribution in [3.8, 4) is 22.6 Å². The molecule has 0 saturated carbocycles. The second kappa shape index (κ2) is 5.08. The molecule has 0 heterocycles. The number of phenols is 1. The summed E-state index contributed by atoms with van der Waals surface area (Å²) >= 11 is 0. The predicted molar refractivity (Wildman–Crippen MR) is 69.4 cm³/mol. The van der Waals surface area contributed by atoms with Gasteiger partial charge in [-0.25, -0.2) is 4.39 Å². The van der Waals surface area contributed by atoms with Crippen LogP contribution in [0.1, 0.15) is 12.5 Å². The molecule has 0 radical (unpaired) electrons. The first-order valence-electron chi connectivity index (χ1n) is 5.84. The van der Waals surface area contributed by atoms with Gasteiger partial charge in [0.25, 0.3) is 0 Å². The highest BCUT2D eigenvalue weighted by Gasteiger charge is 2.09. The van der Waals surface area contributed by atoms with Gasteiger partial charge in [0.05, 0.1) is 6.61 Å². The molecule has 2 nitrogen and oxygen atoms in total. The van der Waals surface area contributed by atoms with Crippen LogP contribution in [0.15, 0.2) is 36.4 Å². The van der Waals surface area contributed by atoms with Crippen LogP contribution in [0, 0.1) is 12.7 Å². The van der Waals surface area contributed by atoms with E-state index in [1.54, 1.807) is 6.07 Å². The second-order valence-corrected chi connectivity index (χ2v) is 4.07. The standard InChI is InChI=1S/C15H15FO2/c1-3-18-12-5-7-13(10(2)8-12)14-6-4-11(17)9-15(14)16/h4-9,17H,3H2,1-2H3. The highest BCUT2D eigenvalue weighted by atomic mass is 19.1. The Hall–Kier alpha value is -2.03. The number of ether oxygens (including phenoxy) is 1. The minimum atomic E-state index is -0.428. The summed E-state index contributed by atoms with van der Waals surface area (Å²) in [5.41, 5.74) is 2.22. The van der Waals surface area contributed by atoms with Gasteiger partial charge in [-0.15, -0.1) is 0 Å². The number of hydrogen-bond acceptors (Lipinski definition) is 2. The Kier molecular flexibility index (Phi) is 3.51. The number of rotatable bonds is 3. The van der Waals surface area contributed by atoms with E-state index >= 15 is 0 Å². The zero-order valence-electron chi connectivity index (χ0n) is 10.4.